The van der Waals surface area contributed by atoms with Gasteiger partial charge >= 0.3 is 0 Å². The Morgan fingerprint density at radius 2 is 1.56 bits per heavy atom. The Bertz CT molecular complexity index is 339. The van der Waals surface area contributed by atoms with E-state index in [9.17, 15) is 10.2 Å². The lowest BCUT2D eigenvalue weighted by molar-refractivity contribution is 0.174. The summed E-state index contributed by atoms with van der Waals surface area (Å²) >= 11 is 0. The van der Waals surface area contributed by atoms with Gasteiger partial charge in [0.25, 0.3) is 0 Å². The number of hydrogen-bond acceptors (Lipinski definition) is 3. The SMILES string of the molecule is CC(c1cc(O)cc(O)c1)N1CCCCC1. The number of benzene rings is 1. The number of likely N-dealkylation sites (tertiary alicyclic amines) is 1. The Balaban J connectivity index is 2.15. The molecule has 0 saturated carbocycles. The average Bonchev–Trinajstić information content (AvgIpc) is 2.28. The van der Waals surface area contributed by atoms with Gasteiger partial charge in [0.05, 0.1) is 0 Å². The lowest BCUT2D eigenvalue weighted by atomic mass is 10.0. The zero-order valence-electron chi connectivity index (χ0n) is 9.69. The van der Waals surface area contributed by atoms with Crippen LogP contribution in [0.3, 0.4) is 0 Å². The maximum absolute atomic E-state index is 9.46. The fraction of sp³-hybridized carbons (Fsp3) is 0.538. The first kappa shape index (κ1) is 11.3. The van der Waals surface area contributed by atoms with E-state index in [0.717, 1.165) is 18.7 Å². The van der Waals surface area contributed by atoms with Crippen LogP contribution in [0.25, 0.3) is 0 Å². The van der Waals surface area contributed by atoms with Gasteiger partial charge < -0.3 is 10.2 Å². The van der Waals surface area contributed by atoms with Gasteiger partial charge in [-0.25, -0.2) is 0 Å². The van der Waals surface area contributed by atoms with Crippen molar-refractivity contribution in [2.24, 2.45) is 0 Å². The van der Waals surface area contributed by atoms with Gasteiger partial charge in [-0.05, 0) is 50.6 Å². The van der Waals surface area contributed by atoms with Gasteiger partial charge in [-0.3, -0.25) is 4.90 Å². The molecule has 1 fully saturated rings. The lowest BCUT2D eigenvalue weighted by Crippen LogP contribution is -2.32. The highest BCUT2D eigenvalue weighted by Gasteiger charge is 2.18. The van der Waals surface area contributed by atoms with Crippen LogP contribution in [0.4, 0.5) is 0 Å². The van der Waals surface area contributed by atoms with Crippen molar-refractivity contribution >= 4 is 0 Å². The molecular weight excluding hydrogens is 202 g/mol. The predicted molar refractivity (Wildman–Crippen MR) is 63.6 cm³/mol. The normalized spacial score (nSPS) is 19.6. The maximum Gasteiger partial charge on any atom is 0.119 e. The summed E-state index contributed by atoms with van der Waals surface area (Å²) in [4.78, 5) is 2.40. The molecule has 0 aliphatic carbocycles. The van der Waals surface area contributed by atoms with Crippen LogP contribution in [0, 0.1) is 0 Å². The summed E-state index contributed by atoms with van der Waals surface area (Å²) in [6.45, 7) is 4.34. The minimum absolute atomic E-state index is 0.138. The third kappa shape index (κ3) is 2.47. The van der Waals surface area contributed by atoms with Crippen molar-refractivity contribution < 1.29 is 10.2 Å². The van der Waals surface area contributed by atoms with Gasteiger partial charge in [-0.15, -0.1) is 0 Å². The van der Waals surface area contributed by atoms with Crippen molar-refractivity contribution in [2.45, 2.75) is 32.2 Å². The van der Waals surface area contributed by atoms with Crippen molar-refractivity contribution in [2.75, 3.05) is 13.1 Å². The highest BCUT2D eigenvalue weighted by molar-refractivity contribution is 5.38. The third-order valence-electron chi connectivity index (χ3n) is 3.35. The second-order valence-electron chi connectivity index (χ2n) is 4.56. The first-order chi connectivity index (χ1) is 7.66. The summed E-state index contributed by atoms with van der Waals surface area (Å²) in [5.41, 5.74) is 0.986. The van der Waals surface area contributed by atoms with Crippen LogP contribution < -0.4 is 0 Å². The highest BCUT2D eigenvalue weighted by atomic mass is 16.3. The van der Waals surface area contributed by atoms with Crippen LogP contribution >= 0.6 is 0 Å². The molecule has 0 amide bonds. The first-order valence-electron chi connectivity index (χ1n) is 5.94. The molecule has 1 aromatic rings. The van der Waals surface area contributed by atoms with Gasteiger partial charge in [-0.2, -0.15) is 0 Å². The Hall–Kier alpha value is -1.22. The molecule has 1 aromatic carbocycles. The number of nitrogens with zero attached hydrogens (tertiary/aromatic N) is 1. The second-order valence-corrected chi connectivity index (χ2v) is 4.56. The molecule has 0 spiro atoms. The summed E-state index contributed by atoms with van der Waals surface area (Å²) in [7, 11) is 0. The van der Waals surface area contributed by atoms with E-state index in [2.05, 4.69) is 11.8 Å². The van der Waals surface area contributed by atoms with Crippen LogP contribution in [0.2, 0.25) is 0 Å². The molecule has 1 saturated heterocycles. The highest BCUT2D eigenvalue weighted by Crippen LogP contribution is 2.29. The summed E-state index contributed by atoms with van der Waals surface area (Å²) in [6, 6.07) is 5.10. The Morgan fingerprint density at radius 1 is 1.00 bits per heavy atom. The largest absolute Gasteiger partial charge is 0.508 e. The molecule has 3 nitrogen and oxygen atoms in total. The minimum Gasteiger partial charge on any atom is -0.508 e. The molecule has 0 aromatic heterocycles. The quantitative estimate of drug-likeness (QED) is 0.807. The molecule has 1 unspecified atom stereocenters. The van der Waals surface area contributed by atoms with Gasteiger partial charge in [0, 0.05) is 12.1 Å². The summed E-state index contributed by atoms with van der Waals surface area (Å²) in [6.07, 6.45) is 3.80. The monoisotopic (exact) mass is 221 g/mol. The molecule has 1 aliphatic rings. The van der Waals surface area contributed by atoms with Crippen LogP contribution in [0.5, 0.6) is 11.5 Å². The molecule has 3 heteroatoms. The fourth-order valence-corrected chi connectivity index (χ4v) is 2.38. The molecule has 1 heterocycles. The van der Waals surface area contributed by atoms with Crippen molar-refractivity contribution in [3.8, 4) is 11.5 Å². The Kier molecular flexibility index (Phi) is 3.34. The van der Waals surface area contributed by atoms with Crippen molar-refractivity contribution in [1.82, 2.24) is 4.90 Å². The zero-order chi connectivity index (χ0) is 11.5. The Labute approximate surface area is 96.3 Å². The number of hydrogen-bond donors (Lipinski definition) is 2. The zero-order valence-corrected chi connectivity index (χ0v) is 9.69. The van der Waals surface area contributed by atoms with E-state index in [1.807, 2.05) is 0 Å². The number of piperidine rings is 1. The van der Waals surface area contributed by atoms with E-state index in [1.54, 1.807) is 12.1 Å². The second kappa shape index (κ2) is 4.74. The number of rotatable bonds is 2. The lowest BCUT2D eigenvalue weighted by Gasteiger charge is -2.32. The van der Waals surface area contributed by atoms with Crippen molar-refractivity contribution in [1.29, 1.82) is 0 Å². The molecule has 88 valence electrons. The molecule has 0 radical (unpaired) electrons. The third-order valence-corrected chi connectivity index (χ3v) is 3.35. The minimum atomic E-state index is 0.138. The van der Waals surface area contributed by atoms with Gasteiger partial charge in [0.2, 0.25) is 0 Å². The molecule has 2 N–H and O–H groups in total. The standard InChI is InChI=1S/C13H19NO2/c1-10(14-5-3-2-4-6-14)11-7-12(15)9-13(16)8-11/h7-10,15-16H,2-6H2,1H3. The van der Waals surface area contributed by atoms with Gasteiger partial charge in [0.1, 0.15) is 11.5 Å². The van der Waals surface area contributed by atoms with Crippen LogP contribution in [0.1, 0.15) is 37.8 Å². The van der Waals surface area contributed by atoms with E-state index in [1.165, 1.54) is 25.3 Å². The summed E-state index contributed by atoms with van der Waals surface area (Å²) in [5.74, 6) is 0.276. The molecule has 0 bridgehead atoms. The molecule has 16 heavy (non-hydrogen) atoms. The number of phenols is 2. The number of phenolic OH excluding ortho intramolecular Hbond substituents is 2. The molecule has 1 aliphatic heterocycles. The summed E-state index contributed by atoms with van der Waals surface area (Å²) < 4.78 is 0. The van der Waals surface area contributed by atoms with E-state index in [-0.39, 0.29) is 17.5 Å². The smallest absolute Gasteiger partial charge is 0.119 e. The van der Waals surface area contributed by atoms with Gasteiger partial charge in [0.15, 0.2) is 0 Å². The van der Waals surface area contributed by atoms with E-state index in [4.69, 9.17) is 0 Å². The van der Waals surface area contributed by atoms with Crippen molar-refractivity contribution in [3.63, 3.8) is 0 Å². The van der Waals surface area contributed by atoms with E-state index < -0.39 is 0 Å². The van der Waals surface area contributed by atoms with Crippen molar-refractivity contribution in [3.05, 3.63) is 23.8 Å². The maximum atomic E-state index is 9.46. The number of aromatic hydroxyl groups is 2. The predicted octanol–water partition coefficient (Wildman–Crippen LogP) is 2.64. The Morgan fingerprint density at radius 3 is 2.12 bits per heavy atom. The van der Waals surface area contributed by atoms with Crippen LogP contribution in [0.15, 0.2) is 18.2 Å². The molecule has 2 rings (SSSR count). The van der Waals surface area contributed by atoms with Crippen LogP contribution in [-0.2, 0) is 0 Å². The fourth-order valence-electron chi connectivity index (χ4n) is 2.38. The van der Waals surface area contributed by atoms with Crippen LogP contribution in [-0.4, -0.2) is 28.2 Å². The topological polar surface area (TPSA) is 43.7 Å². The molecule has 1 atom stereocenters. The van der Waals surface area contributed by atoms with E-state index in [0.29, 0.717) is 0 Å². The average molecular weight is 221 g/mol. The van der Waals surface area contributed by atoms with E-state index >= 15 is 0 Å². The van der Waals surface area contributed by atoms with Gasteiger partial charge in [-0.1, -0.05) is 6.42 Å². The molecular formula is C13H19NO2. The summed E-state index contributed by atoms with van der Waals surface area (Å²) in [5, 5.41) is 18.9. The first-order valence-corrected chi connectivity index (χ1v) is 5.94.